The molecule has 8 nitrogen and oxygen atoms in total. The molecule has 130 valence electrons. The van der Waals surface area contributed by atoms with Gasteiger partial charge in [0.1, 0.15) is 11.5 Å². The lowest BCUT2D eigenvalue weighted by molar-refractivity contribution is 0.0954. The lowest BCUT2D eigenvalue weighted by Gasteiger charge is -2.09. The fourth-order valence-corrected chi connectivity index (χ4v) is 2.09. The van der Waals surface area contributed by atoms with Crippen molar-refractivity contribution >= 4 is 5.91 Å². The van der Waals surface area contributed by atoms with E-state index < -0.39 is 5.91 Å². The minimum atomic E-state index is -0.596. The lowest BCUT2D eigenvalue weighted by atomic mass is 10.2. The third-order valence-corrected chi connectivity index (χ3v) is 3.28. The van der Waals surface area contributed by atoms with Gasteiger partial charge in [-0.3, -0.25) is 9.48 Å². The average Bonchev–Trinajstić information content (AvgIpc) is 2.74. The molecule has 2 rings (SSSR count). The monoisotopic (exact) mass is 342 g/mol. The van der Waals surface area contributed by atoms with Gasteiger partial charge in [0.05, 0.1) is 26.1 Å². The lowest BCUT2D eigenvalue weighted by Crippen LogP contribution is -2.15. The van der Waals surface area contributed by atoms with Gasteiger partial charge in [0.25, 0.3) is 5.91 Å². The van der Waals surface area contributed by atoms with E-state index in [1.807, 2.05) is 17.6 Å². The van der Waals surface area contributed by atoms with Gasteiger partial charge in [-0.05, 0) is 35.9 Å². The molecule has 0 atom stereocenters. The first kappa shape index (κ1) is 17.9. The summed E-state index contributed by atoms with van der Waals surface area (Å²) in [6, 6.07) is 11.9. The van der Waals surface area contributed by atoms with E-state index in [4.69, 9.17) is 9.47 Å². The number of hydrogen-bond donors (Lipinski definition) is 1. The van der Waals surface area contributed by atoms with Gasteiger partial charge in [-0.15, -0.1) is 4.91 Å². The first-order chi connectivity index (χ1) is 12.2. The smallest absolute Gasteiger partial charge is 0.274 e. The molecule has 0 saturated heterocycles. The van der Waals surface area contributed by atoms with E-state index in [2.05, 4.69) is 10.4 Å². The summed E-state index contributed by atoms with van der Waals surface area (Å²) in [5.41, 5.74) is 3.04. The quantitative estimate of drug-likeness (QED) is 0.643. The zero-order valence-electron chi connectivity index (χ0n) is 13.9. The maximum absolute atomic E-state index is 11.8. The van der Waals surface area contributed by atoms with Crippen molar-refractivity contribution in [2.45, 2.75) is 6.54 Å². The highest BCUT2D eigenvalue weighted by molar-refractivity contribution is 5.93. The minimum Gasteiger partial charge on any atom is -0.497 e. The Morgan fingerprint density at radius 2 is 1.88 bits per heavy atom. The van der Waals surface area contributed by atoms with Gasteiger partial charge in [0.2, 0.25) is 0 Å². The van der Waals surface area contributed by atoms with Crippen molar-refractivity contribution in [3.63, 3.8) is 0 Å². The first-order valence-corrected chi connectivity index (χ1v) is 7.36. The highest BCUT2D eigenvalue weighted by Gasteiger charge is 2.04. The van der Waals surface area contributed by atoms with E-state index in [0.29, 0.717) is 18.0 Å². The van der Waals surface area contributed by atoms with Crippen LogP contribution in [0.1, 0.15) is 15.9 Å². The zero-order chi connectivity index (χ0) is 18.1. The molecular formula is C17H18N4O4. The number of benzene rings is 1. The summed E-state index contributed by atoms with van der Waals surface area (Å²) in [5.74, 6) is 0.743. The molecule has 1 aromatic carbocycles. The number of carbonyl (C=O) groups is 1. The summed E-state index contributed by atoms with van der Waals surface area (Å²) in [6.07, 6.45) is 3.22. The Balaban J connectivity index is 2.37. The van der Waals surface area contributed by atoms with Crippen LogP contribution >= 0.6 is 0 Å². The van der Waals surface area contributed by atoms with Crippen LogP contribution in [-0.2, 0) is 6.54 Å². The van der Waals surface area contributed by atoms with Gasteiger partial charge in [-0.2, -0.15) is 5.10 Å². The fourth-order valence-electron chi connectivity index (χ4n) is 2.09. The second-order valence-electron chi connectivity index (χ2n) is 4.94. The van der Waals surface area contributed by atoms with E-state index in [-0.39, 0.29) is 5.56 Å². The molecule has 0 aliphatic rings. The number of carbonyl (C=O) groups excluding carboxylic acids is 1. The van der Waals surface area contributed by atoms with E-state index >= 15 is 0 Å². The second kappa shape index (κ2) is 9.02. The van der Waals surface area contributed by atoms with Crippen LogP contribution < -0.4 is 14.9 Å². The van der Waals surface area contributed by atoms with Crippen molar-refractivity contribution in [3.05, 3.63) is 70.9 Å². The Hall–Kier alpha value is -3.42. The van der Waals surface area contributed by atoms with Gasteiger partial charge >= 0.3 is 0 Å². The second-order valence-corrected chi connectivity index (χ2v) is 4.94. The van der Waals surface area contributed by atoms with Crippen molar-refractivity contribution < 1.29 is 14.3 Å². The molecule has 1 aromatic heterocycles. The van der Waals surface area contributed by atoms with Gasteiger partial charge < -0.3 is 9.47 Å². The van der Waals surface area contributed by atoms with Crippen molar-refractivity contribution in [2.75, 3.05) is 14.2 Å². The first-order valence-electron chi connectivity index (χ1n) is 7.36. The maximum Gasteiger partial charge on any atom is 0.274 e. The number of nitroso groups, excluding NO2 is 1. The Morgan fingerprint density at radius 1 is 1.16 bits per heavy atom. The van der Waals surface area contributed by atoms with E-state index in [0.717, 1.165) is 5.56 Å². The maximum atomic E-state index is 11.8. The summed E-state index contributed by atoms with van der Waals surface area (Å²) in [6.45, 7) is 0.426. The van der Waals surface area contributed by atoms with E-state index in [1.165, 1.54) is 0 Å². The summed E-state index contributed by atoms with van der Waals surface area (Å²) in [5, 5.41) is 6.68. The Labute approximate surface area is 144 Å². The van der Waals surface area contributed by atoms with E-state index in [1.54, 1.807) is 61.6 Å². The number of aromatic nitrogens is 2. The van der Waals surface area contributed by atoms with Crippen LogP contribution in [0.5, 0.6) is 11.5 Å². The molecule has 0 radical (unpaired) electrons. The molecule has 8 heteroatoms. The highest BCUT2D eigenvalue weighted by Crippen LogP contribution is 2.22. The van der Waals surface area contributed by atoms with Crippen molar-refractivity contribution in [1.82, 2.24) is 15.2 Å². The van der Waals surface area contributed by atoms with Crippen LogP contribution in [-0.4, -0.2) is 29.9 Å². The number of amides is 1. The highest BCUT2D eigenvalue weighted by atomic mass is 16.5. The van der Waals surface area contributed by atoms with Crippen molar-refractivity contribution in [2.24, 2.45) is 5.29 Å². The molecule has 1 N–H and O–H groups in total. The molecule has 0 spiro atoms. The molecule has 0 bridgehead atoms. The summed E-state index contributed by atoms with van der Waals surface area (Å²) >= 11 is 0. The number of ether oxygens (including phenoxy) is 2. The van der Waals surface area contributed by atoms with Crippen LogP contribution in [0.25, 0.3) is 0 Å². The standard InChI is InChI=1S/C17H18N4O4/c1-24-15-9-13(10-16(11-15)25-2)12-21-8-6-14(17(22)19-20-23)5-3-4-7-18-21/h3-11H,12H2,1-2H3,(H,19,22,23). The molecule has 25 heavy (non-hydrogen) atoms. The number of nitrogens with zero attached hydrogens (tertiary/aromatic N) is 3. The molecule has 1 amide bonds. The molecule has 0 aliphatic heterocycles. The molecule has 0 aliphatic carbocycles. The summed E-state index contributed by atoms with van der Waals surface area (Å²) in [7, 11) is 3.16. The normalized spacial score (nSPS) is 9.68. The zero-order valence-corrected chi connectivity index (χ0v) is 13.9. The average molecular weight is 342 g/mol. The number of nitrogens with one attached hydrogen (secondary N) is 1. The van der Waals surface area contributed by atoms with Crippen LogP contribution in [0.2, 0.25) is 0 Å². The minimum absolute atomic E-state index is 0.273. The van der Waals surface area contributed by atoms with Crippen LogP contribution in [0.15, 0.2) is 60.1 Å². The molecule has 1 heterocycles. The molecule has 0 fully saturated rings. The third kappa shape index (κ3) is 5.31. The van der Waals surface area contributed by atoms with Gasteiger partial charge in [0, 0.05) is 24.0 Å². The Morgan fingerprint density at radius 3 is 2.52 bits per heavy atom. The van der Waals surface area contributed by atoms with Crippen molar-refractivity contribution in [1.29, 1.82) is 0 Å². The predicted molar refractivity (Wildman–Crippen MR) is 91.8 cm³/mol. The molecular weight excluding hydrogens is 324 g/mol. The number of hydrogen-bond acceptors (Lipinski definition) is 6. The van der Waals surface area contributed by atoms with Crippen LogP contribution in [0.3, 0.4) is 0 Å². The number of rotatable bonds is 6. The predicted octanol–water partition coefficient (Wildman–Crippen LogP) is 2.48. The van der Waals surface area contributed by atoms with Crippen LogP contribution in [0, 0.1) is 4.91 Å². The summed E-state index contributed by atoms with van der Waals surface area (Å²) in [4.78, 5) is 22.0. The third-order valence-electron chi connectivity index (χ3n) is 3.28. The molecule has 0 unspecified atom stereocenters. The Kier molecular flexibility index (Phi) is 6.47. The molecule has 2 aromatic rings. The SMILES string of the molecule is COc1cc(Cn2ccc(C(=O)NN=O)ccccn2)cc(OC)c1. The Bertz CT molecular complexity index is 781. The molecule has 0 saturated carbocycles. The topological polar surface area (TPSA) is 94.8 Å². The largest absolute Gasteiger partial charge is 0.497 e. The van der Waals surface area contributed by atoms with Gasteiger partial charge in [0.15, 0.2) is 0 Å². The van der Waals surface area contributed by atoms with Gasteiger partial charge in [-0.25, -0.2) is 5.43 Å². The fraction of sp³-hybridized carbons (Fsp3) is 0.176. The van der Waals surface area contributed by atoms with E-state index in [9.17, 15) is 9.70 Å². The van der Waals surface area contributed by atoms with Gasteiger partial charge in [-0.1, -0.05) is 6.07 Å². The van der Waals surface area contributed by atoms with Crippen LogP contribution in [0.4, 0.5) is 0 Å². The summed E-state index contributed by atoms with van der Waals surface area (Å²) < 4.78 is 12.2. The van der Waals surface area contributed by atoms with Crippen molar-refractivity contribution in [3.8, 4) is 11.5 Å². The number of methoxy groups -OCH3 is 2.